The fraction of sp³-hybridized carbons (Fsp3) is 0.909. The molecule has 3 fully saturated rings. The van der Waals surface area contributed by atoms with Gasteiger partial charge in [0.1, 0.15) is 0 Å². The fourth-order valence-corrected chi connectivity index (χ4v) is 3.26. The van der Waals surface area contributed by atoms with Crippen LogP contribution in [-0.4, -0.2) is 13.1 Å². The van der Waals surface area contributed by atoms with Crippen molar-refractivity contribution < 1.29 is 9.53 Å². The minimum Gasteiger partial charge on any atom is -0.469 e. The van der Waals surface area contributed by atoms with Crippen LogP contribution in [0.4, 0.5) is 0 Å². The standard InChI is InChI=1S/C11H18O2/c1-8(2)11-5-10(6-11,7-11)4-9(12)13-3/h8H,4-7H2,1-3H3. The molecule has 0 aromatic heterocycles. The molecule has 3 aliphatic rings. The molecule has 2 bridgehead atoms. The van der Waals surface area contributed by atoms with E-state index in [1.54, 1.807) is 0 Å². The summed E-state index contributed by atoms with van der Waals surface area (Å²) in [5.74, 6) is 0.754. The van der Waals surface area contributed by atoms with Crippen molar-refractivity contribution >= 4 is 5.97 Å². The van der Waals surface area contributed by atoms with Gasteiger partial charge in [-0.3, -0.25) is 4.79 Å². The maximum absolute atomic E-state index is 11.1. The second-order valence-corrected chi connectivity index (χ2v) is 5.30. The van der Waals surface area contributed by atoms with Gasteiger partial charge in [-0.05, 0) is 36.0 Å². The molecule has 3 rings (SSSR count). The van der Waals surface area contributed by atoms with Crippen LogP contribution < -0.4 is 0 Å². The SMILES string of the molecule is COC(=O)CC12CC(C(C)C)(C1)C2. The molecule has 0 N–H and O–H groups in total. The average Bonchev–Trinajstić information content (AvgIpc) is 1.92. The van der Waals surface area contributed by atoms with Gasteiger partial charge in [0.05, 0.1) is 13.5 Å². The number of carbonyl (C=O) groups excluding carboxylic acids is 1. The Balaban J connectivity index is 1.86. The minimum atomic E-state index is -0.0305. The molecule has 74 valence electrons. The van der Waals surface area contributed by atoms with Crippen LogP contribution in [0.5, 0.6) is 0 Å². The zero-order valence-electron chi connectivity index (χ0n) is 8.72. The van der Waals surface area contributed by atoms with Crippen LogP contribution in [0.15, 0.2) is 0 Å². The van der Waals surface area contributed by atoms with E-state index < -0.39 is 0 Å². The normalized spacial score (nSPS) is 40.9. The topological polar surface area (TPSA) is 26.3 Å². The summed E-state index contributed by atoms with van der Waals surface area (Å²) in [6.07, 6.45) is 4.42. The van der Waals surface area contributed by atoms with Crippen LogP contribution in [0.1, 0.15) is 39.5 Å². The van der Waals surface area contributed by atoms with Crippen molar-refractivity contribution in [2.45, 2.75) is 39.5 Å². The molecule has 2 heteroatoms. The third kappa shape index (κ3) is 1.11. The van der Waals surface area contributed by atoms with E-state index in [4.69, 9.17) is 4.74 Å². The van der Waals surface area contributed by atoms with Gasteiger partial charge in [0, 0.05) is 0 Å². The molecule has 0 saturated heterocycles. The molecular formula is C11H18O2. The van der Waals surface area contributed by atoms with Crippen LogP contribution in [0.3, 0.4) is 0 Å². The van der Waals surface area contributed by atoms with Gasteiger partial charge in [-0.1, -0.05) is 13.8 Å². The Morgan fingerprint density at radius 1 is 1.38 bits per heavy atom. The Bertz CT molecular complexity index is 223. The Hall–Kier alpha value is -0.530. The third-order valence-electron chi connectivity index (χ3n) is 4.15. The van der Waals surface area contributed by atoms with Gasteiger partial charge < -0.3 is 4.74 Å². The minimum absolute atomic E-state index is 0.0305. The molecule has 0 aliphatic heterocycles. The summed E-state index contributed by atoms with van der Waals surface area (Å²) >= 11 is 0. The maximum Gasteiger partial charge on any atom is 0.306 e. The molecule has 0 radical (unpaired) electrons. The Morgan fingerprint density at radius 2 is 1.92 bits per heavy atom. The lowest BCUT2D eigenvalue weighted by Gasteiger charge is -2.73. The number of ether oxygens (including phenoxy) is 1. The summed E-state index contributed by atoms with van der Waals surface area (Å²) in [4.78, 5) is 11.1. The number of esters is 1. The van der Waals surface area contributed by atoms with Gasteiger partial charge in [-0.15, -0.1) is 0 Å². The second kappa shape index (κ2) is 2.49. The van der Waals surface area contributed by atoms with Crippen LogP contribution in [0, 0.1) is 16.7 Å². The predicted octanol–water partition coefficient (Wildman–Crippen LogP) is 2.38. The molecule has 2 nitrogen and oxygen atoms in total. The van der Waals surface area contributed by atoms with Crippen molar-refractivity contribution in [3.63, 3.8) is 0 Å². The van der Waals surface area contributed by atoms with Crippen molar-refractivity contribution in [2.75, 3.05) is 7.11 Å². The first-order chi connectivity index (χ1) is 6.02. The molecule has 0 spiro atoms. The van der Waals surface area contributed by atoms with Gasteiger partial charge in [0.2, 0.25) is 0 Å². The average molecular weight is 182 g/mol. The molecule has 0 aromatic rings. The summed E-state index contributed by atoms with van der Waals surface area (Å²) in [6, 6.07) is 0. The van der Waals surface area contributed by atoms with Crippen molar-refractivity contribution in [1.82, 2.24) is 0 Å². The monoisotopic (exact) mass is 182 g/mol. The zero-order chi connectivity index (χ0) is 9.69. The number of carbonyl (C=O) groups is 1. The summed E-state index contributed by atoms with van der Waals surface area (Å²) in [5.41, 5.74) is 0.964. The molecule has 0 amide bonds. The van der Waals surface area contributed by atoms with Crippen molar-refractivity contribution in [3.05, 3.63) is 0 Å². The van der Waals surface area contributed by atoms with E-state index >= 15 is 0 Å². The van der Waals surface area contributed by atoms with Gasteiger partial charge in [-0.25, -0.2) is 0 Å². The highest BCUT2D eigenvalue weighted by Gasteiger charge is 2.68. The lowest BCUT2D eigenvalue weighted by Crippen LogP contribution is -2.64. The van der Waals surface area contributed by atoms with Gasteiger partial charge in [-0.2, -0.15) is 0 Å². The van der Waals surface area contributed by atoms with Gasteiger partial charge in [0.25, 0.3) is 0 Å². The number of hydrogen-bond donors (Lipinski definition) is 0. The van der Waals surface area contributed by atoms with Crippen molar-refractivity contribution in [3.8, 4) is 0 Å². The number of methoxy groups -OCH3 is 1. The van der Waals surface area contributed by atoms with Crippen molar-refractivity contribution in [1.29, 1.82) is 0 Å². The molecule has 13 heavy (non-hydrogen) atoms. The van der Waals surface area contributed by atoms with E-state index in [1.807, 2.05) is 0 Å². The smallest absolute Gasteiger partial charge is 0.306 e. The van der Waals surface area contributed by atoms with Crippen LogP contribution in [0.2, 0.25) is 0 Å². The Labute approximate surface area is 79.7 Å². The molecule has 0 aromatic carbocycles. The Kier molecular flexibility index (Phi) is 1.73. The molecule has 0 heterocycles. The second-order valence-electron chi connectivity index (χ2n) is 5.30. The van der Waals surface area contributed by atoms with Crippen molar-refractivity contribution in [2.24, 2.45) is 16.7 Å². The highest BCUT2D eigenvalue weighted by atomic mass is 16.5. The van der Waals surface area contributed by atoms with Crippen LogP contribution in [-0.2, 0) is 9.53 Å². The number of rotatable bonds is 3. The molecule has 3 saturated carbocycles. The van der Waals surface area contributed by atoms with Crippen LogP contribution in [0.25, 0.3) is 0 Å². The number of hydrogen-bond acceptors (Lipinski definition) is 2. The molecular weight excluding hydrogens is 164 g/mol. The fourth-order valence-electron chi connectivity index (χ4n) is 3.26. The molecule has 3 aliphatic carbocycles. The predicted molar refractivity (Wildman–Crippen MR) is 50.2 cm³/mol. The van der Waals surface area contributed by atoms with E-state index in [2.05, 4.69) is 13.8 Å². The summed E-state index contributed by atoms with van der Waals surface area (Å²) in [6.45, 7) is 4.59. The lowest BCUT2D eigenvalue weighted by atomic mass is 9.31. The largest absolute Gasteiger partial charge is 0.469 e. The van der Waals surface area contributed by atoms with E-state index in [1.165, 1.54) is 26.4 Å². The van der Waals surface area contributed by atoms with Gasteiger partial charge in [0.15, 0.2) is 0 Å². The highest BCUT2D eigenvalue weighted by molar-refractivity contribution is 5.71. The lowest BCUT2D eigenvalue weighted by molar-refractivity contribution is -0.234. The van der Waals surface area contributed by atoms with Crippen LogP contribution >= 0.6 is 0 Å². The molecule has 0 unspecified atom stereocenters. The zero-order valence-corrected chi connectivity index (χ0v) is 8.72. The highest BCUT2D eigenvalue weighted by Crippen LogP contribution is 2.77. The first-order valence-electron chi connectivity index (χ1n) is 5.09. The quantitative estimate of drug-likeness (QED) is 0.626. The third-order valence-corrected chi connectivity index (χ3v) is 4.15. The summed E-state index contributed by atoms with van der Waals surface area (Å²) in [5, 5.41) is 0. The maximum atomic E-state index is 11.1. The summed E-state index contributed by atoms with van der Waals surface area (Å²) < 4.78 is 4.70. The van der Waals surface area contributed by atoms with E-state index in [0.29, 0.717) is 17.3 Å². The first-order valence-corrected chi connectivity index (χ1v) is 5.09. The van der Waals surface area contributed by atoms with E-state index in [-0.39, 0.29) is 5.97 Å². The summed E-state index contributed by atoms with van der Waals surface area (Å²) in [7, 11) is 1.48. The van der Waals surface area contributed by atoms with E-state index in [9.17, 15) is 4.79 Å². The first kappa shape index (κ1) is 9.04. The Morgan fingerprint density at radius 3 is 2.31 bits per heavy atom. The van der Waals surface area contributed by atoms with E-state index in [0.717, 1.165) is 5.92 Å². The molecule has 0 atom stereocenters. The van der Waals surface area contributed by atoms with Gasteiger partial charge >= 0.3 is 5.97 Å².